The highest BCUT2D eigenvalue weighted by atomic mass is 32.2. The van der Waals surface area contributed by atoms with E-state index < -0.39 is 10.1 Å². The van der Waals surface area contributed by atoms with Gasteiger partial charge in [0.1, 0.15) is 0 Å². The molecule has 1 aliphatic heterocycles. The monoisotopic (exact) mass is 255 g/mol. The zero-order valence-corrected chi connectivity index (χ0v) is 10.2. The van der Waals surface area contributed by atoms with Crippen LogP contribution in [0.15, 0.2) is 18.2 Å². The van der Waals surface area contributed by atoms with Crippen molar-refractivity contribution in [2.45, 2.75) is 13.0 Å². The summed E-state index contributed by atoms with van der Waals surface area (Å²) in [6.07, 6.45) is 1.71. The van der Waals surface area contributed by atoms with Crippen LogP contribution in [-0.4, -0.2) is 27.1 Å². The van der Waals surface area contributed by atoms with Crippen LogP contribution in [-0.2, 0) is 27.3 Å². The minimum Gasteiger partial charge on any atom is -0.352 e. The Morgan fingerprint density at radius 3 is 2.88 bits per heavy atom. The van der Waals surface area contributed by atoms with Crippen molar-refractivity contribution in [2.75, 3.05) is 12.8 Å². The van der Waals surface area contributed by atoms with Crippen molar-refractivity contribution in [3.8, 4) is 0 Å². The lowest BCUT2D eigenvalue weighted by atomic mass is 9.95. The Kier molecular flexibility index (Phi) is 3.17. The van der Waals surface area contributed by atoms with Crippen LogP contribution in [0.5, 0.6) is 0 Å². The third kappa shape index (κ3) is 2.83. The first-order chi connectivity index (χ1) is 7.97. The first-order valence-corrected chi connectivity index (χ1v) is 7.02. The van der Waals surface area contributed by atoms with Crippen LogP contribution >= 0.6 is 0 Å². The van der Waals surface area contributed by atoms with E-state index in [1.54, 1.807) is 18.2 Å². The van der Waals surface area contributed by atoms with Crippen molar-refractivity contribution < 1.29 is 17.4 Å². The topological polar surface area (TPSA) is 72.5 Å². The Hall–Kier alpha value is -1.40. The number of carbonyl (C=O) groups is 1. The van der Waals surface area contributed by atoms with Gasteiger partial charge in [-0.05, 0) is 23.6 Å². The number of amides is 1. The van der Waals surface area contributed by atoms with Crippen molar-refractivity contribution in [2.24, 2.45) is 0 Å². The highest BCUT2D eigenvalue weighted by Crippen LogP contribution is 2.19. The minimum atomic E-state index is -3.46. The van der Waals surface area contributed by atoms with Crippen LogP contribution in [0.1, 0.15) is 21.5 Å². The van der Waals surface area contributed by atoms with Crippen LogP contribution < -0.4 is 5.32 Å². The Labute approximate surface area is 99.9 Å². The second-order valence-corrected chi connectivity index (χ2v) is 5.56. The van der Waals surface area contributed by atoms with E-state index in [1.807, 2.05) is 0 Å². The van der Waals surface area contributed by atoms with Crippen molar-refractivity contribution in [1.29, 1.82) is 0 Å². The summed E-state index contributed by atoms with van der Waals surface area (Å²) in [5.74, 6) is -0.118. The predicted molar refractivity (Wildman–Crippen MR) is 62.1 cm³/mol. The number of benzene rings is 1. The number of rotatable bonds is 3. The second-order valence-electron chi connectivity index (χ2n) is 3.92. The smallest absolute Gasteiger partial charge is 0.264 e. The maximum atomic E-state index is 11.6. The van der Waals surface area contributed by atoms with Gasteiger partial charge in [-0.3, -0.25) is 8.98 Å². The summed E-state index contributed by atoms with van der Waals surface area (Å²) in [7, 11) is -3.46. The molecule has 1 amide bonds. The molecule has 0 aliphatic carbocycles. The molecule has 0 radical (unpaired) electrons. The van der Waals surface area contributed by atoms with Gasteiger partial charge in [0.15, 0.2) is 0 Å². The van der Waals surface area contributed by atoms with Crippen molar-refractivity contribution >= 4 is 16.0 Å². The Morgan fingerprint density at radius 2 is 2.18 bits per heavy atom. The molecule has 1 N–H and O–H groups in total. The molecular formula is C11H13NO4S. The second kappa shape index (κ2) is 4.46. The van der Waals surface area contributed by atoms with Gasteiger partial charge in [0.2, 0.25) is 0 Å². The van der Waals surface area contributed by atoms with E-state index in [1.165, 1.54) is 0 Å². The molecule has 6 heteroatoms. The molecule has 1 aromatic rings. The molecule has 0 saturated carbocycles. The lowest BCUT2D eigenvalue weighted by molar-refractivity contribution is 0.0945. The number of fused-ring (bicyclic) bond motifs is 1. The molecule has 1 aromatic carbocycles. The third-order valence-corrected chi connectivity index (χ3v) is 3.15. The molecule has 0 saturated heterocycles. The first kappa shape index (κ1) is 12.1. The summed E-state index contributed by atoms with van der Waals surface area (Å²) < 4.78 is 26.6. The maximum Gasteiger partial charge on any atom is 0.264 e. The first-order valence-electron chi connectivity index (χ1n) is 5.21. The quantitative estimate of drug-likeness (QED) is 0.796. The molecular weight excluding hydrogens is 242 g/mol. The van der Waals surface area contributed by atoms with E-state index in [9.17, 15) is 13.2 Å². The highest BCUT2D eigenvalue weighted by molar-refractivity contribution is 7.85. The molecule has 2 rings (SSSR count). The highest BCUT2D eigenvalue weighted by Gasteiger charge is 2.19. The number of nitrogens with one attached hydrogen (secondary N) is 1. The predicted octanol–water partition coefficient (Wildman–Crippen LogP) is 0.449. The molecule has 1 heterocycles. The van der Waals surface area contributed by atoms with Gasteiger partial charge >= 0.3 is 0 Å². The van der Waals surface area contributed by atoms with Gasteiger partial charge in [-0.15, -0.1) is 0 Å². The van der Waals surface area contributed by atoms with E-state index in [4.69, 9.17) is 4.18 Å². The van der Waals surface area contributed by atoms with Crippen LogP contribution in [0.2, 0.25) is 0 Å². The fourth-order valence-electron chi connectivity index (χ4n) is 1.84. The summed E-state index contributed by atoms with van der Waals surface area (Å²) >= 11 is 0. The Balaban J connectivity index is 2.30. The number of hydrogen-bond acceptors (Lipinski definition) is 4. The van der Waals surface area contributed by atoms with Crippen molar-refractivity contribution in [3.05, 3.63) is 34.9 Å². The van der Waals surface area contributed by atoms with E-state index >= 15 is 0 Å². The maximum absolute atomic E-state index is 11.6. The summed E-state index contributed by atoms with van der Waals surface area (Å²) in [5, 5.41) is 2.74. The summed E-state index contributed by atoms with van der Waals surface area (Å²) in [4.78, 5) is 11.6. The lowest BCUT2D eigenvalue weighted by Crippen LogP contribution is -2.32. The largest absolute Gasteiger partial charge is 0.352 e. The average molecular weight is 255 g/mol. The standard InChI is InChI=1S/C11H13NO4S/c1-17(14,15)16-7-8-3-2-4-10-9(8)5-6-12-11(10)13/h2-4H,5-7H2,1H3,(H,12,13). The molecule has 92 valence electrons. The van der Waals surface area contributed by atoms with Crippen LogP contribution in [0.4, 0.5) is 0 Å². The number of hydrogen-bond donors (Lipinski definition) is 1. The van der Waals surface area contributed by atoms with E-state index in [0.717, 1.165) is 17.4 Å². The molecule has 1 aliphatic rings. The fraction of sp³-hybridized carbons (Fsp3) is 0.364. The third-order valence-electron chi connectivity index (χ3n) is 2.61. The molecule has 0 unspecified atom stereocenters. The SMILES string of the molecule is CS(=O)(=O)OCc1cccc2c1CCNC2=O. The zero-order valence-electron chi connectivity index (χ0n) is 9.39. The van der Waals surface area contributed by atoms with Gasteiger partial charge < -0.3 is 5.32 Å². The molecule has 0 aromatic heterocycles. The van der Waals surface area contributed by atoms with E-state index in [0.29, 0.717) is 18.5 Å². The Morgan fingerprint density at radius 1 is 1.41 bits per heavy atom. The molecule has 0 fully saturated rings. The lowest BCUT2D eigenvalue weighted by Gasteiger charge is -2.19. The van der Waals surface area contributed by atoms with Gasteiger partial charge in [0.05, 0.1) is 12.9 Å². The van der Waals surface area contributed by atoms with Gasteiger partial charge in [0.25, 0.3) is 16.0 Å². The minimum absolute atomic E-state index is 0.0186. The van der Waals surface area contributed by atoms with Gasteiger partial charge in [-0.1, -0.05) is 12.1 Å². The van der Waals surface area contributed by atoms with E-state index in [-0.39, 0.29) is 12.5 Å². The summed E-state index contributed by atoms with van der Waals surface area (Å²) in [6, 6.07) is 5.24. The summed E-state index contributed by atoms with van der Waals surface area (Å²) in [5.41, 5.74) is 2.23. The molecule has 0 bridgehead atoms. The molecule has 0 spiro atoms. The normalized spacial score (nSPS) is 15.2. The Bertz CT molecular complexity index is 551. The van der Waals surface area contributed by atoms with Crippen molar-refractivity contribution in [1.82, 2.24) is 5.32 Å². The van der Waals surface area contributed by atoms with Gasteiger partial charge in [-0.25, -0.2) is 0 Å². The molecule has 0 atom stereocenters. The van der Waals surface area contributed by atoms with Crippen LogP contribution in [0.25, 0.3) is 0 Å². The van der Waals surface area contributed by atoms with Crippen LogP contribution in [0, 0.1) is 0 Å². The van der Waals surface area contributed by atoms with Gasteiger partial charge in [0, 0.05) is 12.1 Å². The zero-order chi connectivity index (χ0) is 12.5. The molecule has 5 nitrogen and oxygen atoms in total. The molecule has 17 heavy (non-hydrogen) atoms. The van der Waals surface area contributed by atoms with E-state index in [2.05, 4.69) is 5.32 Å². The average Bonchev–Trinajstić information content (AvgIpc) is 2.26. The summed E-state index contributed by atoms with van der Waals surface area (Å²) in [6.45, 7) is 0.553. The van der Waals surface area contributed by atoms with Gasteiger partial charge in [-0.2, -0.15) is 8.42 Å². The van der Waals surface area contributed by atoms with Crippen LogP contribution in [0.3, 0.4) is 0 Å². The van der Waals surface area contributed by atoms with Crippen molar-refractivity contribution in [3.63, 3.8) is 0 Å². The fourth-order valence-corrected chi connectivity index (χ4v) is 2.19. The number of carbonyl (C=O) groups excluding carboxylic acids is 1.